The molecule has 2 aromatic rings. The van der Waals surface area contributed by atoms with Crippen molar-refractivity contribution in [2.75, 3.05) is 12.4 Å². The van der Waals surface area contributed by atoms with Gasteiger partial charge >= 0.3 is 0 Å². The number of anilines is 1. The SMILES string of the molecule is COc1ccccc1NC(C(N)=O)c1ccc(C)c(Cl)c1. The molecule has 4 nitrogen and oxygen atoms in total. The van der Waals surface area contributed by atoms with Crippen LogP contribution < -0.4 is 15.8 Å². The lowest BCUT2D eigenvalue weighted by molar-refractivity contribution is -0.118. The van der Waals surface area contributed by atoms with Gasteiger partial charge in [-0.25, -0.2) is 0 Å². The number of nitrogens with one attached hydrogen (secondary N) is 1. The molecule has 1 atom stereocenters. The van der Waals surface area contributed by atoms with E-state index < -0.39 is 11.9 Å². The van der Waals surface area contributed by atoms with E-state index >= 15 is 0 Å². The van der Waals surface area contributed by atoms with Crippen molar-refractivity contribution in [3.05, 3.63) is 58.6 Å². The van der Waals surface area contributed by atoms with Crippen LogP contribution in [-0.4, -0.2) is 13.0 Å². The molecule has 0 aliphatic carbocycles. The van der Waals surface area contributed by atoms with Gasteiger partial charge in [-0.15, -0.1) is 0 Å². The largest absolute Gasteiger partial charge is 0.495 e. The van der Waals surface area contributed by atoms with Crippen molar-refractivity contribution in [1.29, 1.82) is 0 Å². The van der Waals surface area contributed by atoms with Crippen LogP contribution in [0.5, 0.6) is 5.75 Å². The Balaban J connectivity index is 2.35. The molecule has 0 fully saturated rings. The summed E-state index contributed by atoms with van der Waals surface area (Å²) in [6, 6.07) is 12.1. The average Bonchev–Trinajstić information content (AvgIpc) is 2.48. The van der Waals surface area contributed by atoms with Crippen LogP contribution in [0.3, 0.4) is 0 Å². The van der Waals surface area contributed by atoms with E-state index in [4.69, 9.17) is 22.1 Å². The highest BCUT2D eigenvalue weighted by Gasteiger charge is 2.19. The van der Waals surface area contributed by atoms with Gasteiger partial charge < -0.3 is 15.8 Å². The fourth-order valence-corrected chi connectivity index (χ4v) is 2.22. The van der Waals surface area contributed by atoms with Gasteiger partial charge in [0.05, 0.1) is 12.8 Å². The third kappa shape index (κ3) is 3.47. The highest BCUT2D eigenvalue weighted by molar-refractivity contribution is 6.31. The van der Waals surface area contributed by atoms with Crippen LogP contribution in [0, 0.1) is 6.92 Å². The maximum absolute atomic E-state index is 11.8. The maximum atomic E-state index is 11.8. The van der Waals surface area contributed by atoms with Gasteiger partial charge in [0.15, 0.2) is 0 Å². The van der Waals surface area contributed by atoms with E-state index in [1.54, 1.807) is 13.2 Å². The standard InChI is InChI=1S/C16H17ClN2O2/c1-10-7-8-11(9-12(10)17)15(16(18)20)19-13-5-3-4-6-14(13)21-2/h3-9,15,19H,1-2H3,(H2,18,20). The zero-order chi connectivity index (χ0) is 15.4. The van der Waals surface area contributed by atoms with E-state index in [1.807, 2.05) is 43.3 Å². The summed E-state index contributed by atoms with van der Waals surface area (Å²) in [5, 5.41) is 3.70. The number of primary amides is 1. The summed E-state index contributed by atoms with van der Waals surface area (Å²) in [6.45, 7) is 1.90. The minimum Gasteiger partial charge on any atom is -0.495 e. The molecule has 2 aromatic carbocycles. The first kappa shape index (κ1) is 15.2. The second kappa shape index (κ2) is 6.50. The van der Waals surface area contributed by atoms with Gasteiger partial charge in [-0.1, -0.05) is 35.9 Å². The molecule has 0 radical (unpaired) electrons. The van der Waals surface area contributed by atoms with E-state index in [2.05, 4.69) is 5.32 Å². The fraction of sp³-hybridized carbons (Fsp3) is 0.188. The van der Waals surface area contributed by atoms with Crippen molar-refractivity contribution in [3.63, 3.8) is 0 Å². The molecule has 2 rings (SSSR count). The summed E-state index contributed by atoms with van der Waals surface area (Å²) in [6.07, 6.45) is 0. The Morgan fingerprint density at radius 3 is 2.62 bits per heavy atom. The third-order valence-corrected chi connectivity index (χ3v) is 3.63. The molecule has 1 unspecified atom stereocenters. The zero-order valence-electron chi connectivity index (χ0n) is 11.9. The maximum Gasteiger partial charge on any atom is 0.244 e. The van der Waals surface area contributed by atoms with E-state index in [-0.39, 0.29) is 0 Å². The molecule has 0 saturated heterocycles. The van der Waals surface area contributed by atoms with Gasteiger partial charge in [0.1, 0.15) is 11.8 Å². The van der Waals surface area contributed by atoms with Gasteiger partial charge in [-0.2, -0.15) is 0 Å². The number of carbonyl (C=O) groups is 1. The third-order valence-electron chi connectivity index (χ3n) is 3.22. The topological polar surface area (TPSA) is 64.3 Å². The molecular formula is C16H17ClN2O2. The molecule has 0 aliphatic rings. The molecule has 0 aliphatic heterocycles. The van der Waals surface area contributed by atoms with Gasteiger partial charge in [-0.3, -0.25) is 4.79 Å². The quantitative estimate of drug-likeness (QED) is 0.891. The molecule has 0 aromatic heterocycles. The number of nitrogens with two attached hydrogens (primary N) is 1. The van der Waals surface area contributed by atoms with Crippen LogP contribution in [0.15, 0.2) is 42.5 Å². The Morgan fingerprint density at radius 1 is 1.29 bits per heavy atom. The highest BCUT2D eigenvalue weighted by Crippen LogP contribution is 2.29. The summed E-state index contributed by atoms with van der Waals surface area (Å²) in [5.74, 6) is 0.155. The molecule has 0 bridgehead atoms. The lowest BCUT2D eigenvalue weighted by Crippen LogP contribution is -2.27. The van der Waals surface area contributed by atoms with Crippen molar-refractivity contribution in [3.8, 4) is 5.75 Å². The number of amides is 1. The molecule has 110 valence electrons. The molecule has 0 saturated carbocycles. The summed E-state index contributed by atoms with van der Waals surface area (Å²) >= 11 is 6.12. The number of methoxy groups -OCH3 is 1. The Kier molecular flexibility index (Phi) is 4.70. The average molecular weight is 305 g/mol. The number of para-hydroxylation sites is 2. The van der Waals surface area contributed by atoms with E-state index in [0.717, 1.165) is 5.56 Å². The first-order valence-electron chi connectivity index (χ1n) is 6.48. The van der Waals surface area contributed by atoms with Gasteiger partial charge in [0.25, 0.3) is 0 Å². The van der Waals surface area contributed by atoms with Crippen LogP contribution in [0.25, 0.3) is 0 Å². The Labute approximate surface area is 128 Å². The molecule has 0 spiro atoms. The van der Waals surface area contributed by atoms with Crippen molar-refractivity contribution in [2.24, 2.45) is 5.73 Å². The first-order chi connectivity index (χ1) is 10.0. The number of benzene rings is 2. The predicted octanol–water partition coefficient (Wildman–Crippen LogP) is 3.30. The number of aryl methyl sites for hydroxylation is 1. The minimum atomic E-state index is -0.681. The Morgan fingerprint density at radius 2 is 2.00 bits per heavy atom. The Bertz CT molecular complexity index is 658. The van der Waals surface area contributed by atoms with Crippen LogP contribution in [-0.2, 0) is 4.79 Å². The number of hydrogen-bond donors (Lipinski definition) is 2. The summed E-state index contributed by atoms with van der Waals surface area (Å²) < 4.78 is 5.26. The van der Waals surface area contributed by atoms with Gasteiger partial charge in [0, 0.05) is 5.02 Å². The number of hydrogen-bond acceptors (Lipinski definition) is 3. The summed E-state index contributed by atoms with van der Waals surface area (Å²) in [4.78, 5) is 11.8. The van der Waals surface area contributed by atoms with Crippen LogP contribution >= 0.6 is 11.6 Å². The van der Waals surface area contributed by atoms with E-state index in [0.29, 0.717) is 22.0 Å². The predicted molar refractivity (Wildman–Crippen MR) is 84.7 cm³/mol. The smallest absolute Gasteiger partial charge is 0.244 e. The molecule has 5 heteroatoms. The van der Waals surface area contributed by atoms with Gasteiger partial charge in [0.2, 0.25) is 5.91 Å². The molecule has 3 N–H and O–H groups in total. The first-order valence-corrected chi connectivity index (χ1v) is 6.85. The van der Waals surface area contributed by atoms with Crippen molar-refractivity contribution < 1.29 is 9.53 Å². The van der Waals surface area contributed by atoms with Gasteiger partial charge in [-0.05, 0) is 36.2 Å². The summed E-state index contributed by atoms with van der Waals surface area (Å²) in [7, 11) is 1.57. The monoisotopic (exact) mass is 304 g/mol. The van der Waals surface area contributed by atoms with Crippen LogP contribution in [0.4, 0.5) is 5.69 Å². The molecule has 0 heterocycles. The number of halogens is 1. The fourth-order valence-electron chi connectivity index (χ4n) is 2.03. The molecule has 21 heavy (non-hydrogen) atoms. The normalized spacial score (nSPS) is 11.8. The summed E-state index contributed by atoms with van der Waals surface area (Å²) in [5.41, 5.74) is 7.86. The van der Waals surface area contributed by atoms with E-state index in [1.165, 1.54) is 0 Å². The number of rotatable bonds is 5. The van der Waals surface area contributed by atoms with Crippen molar-refractivity contribution >= 4 is 23.2 Å². The number of ether oxygens (including phenoxy) is 1. The second-order valence-electron chi connectivity index (χ2n) is 4.69. The highest BCUT2D eigenvalue weighted by atomic mass is 35.5. The van der Waals surface area contributed by atoms with Crippen LogP contribution in [0.2, 0.25) is 5.02 Å². The van der Waals surface area contributed by atoms with E-state index in [9.17, 15) is 4.79 Å². The van der Waals surface area contributed by atoms with Crippen LogP contribution in [0.1, 0.15) is 17.2 Å². The number of carbonyl (C=O) groups excluding carboxylic acids is 1. The Hall–Kier alpha value is -2.20. The lowest BCUT2D eigenvalue weighted by atomic mass is 10.0. The second-order valence-corrected chi connectivity index (χ2v) is 5.10. The lowest BCUT2D eigenvalue weighted by Gasteiger charge is -2.19. The molecule has 1 amide bonds. The molecular weight excluding hydrogens is 288 g/mol. The van der Waals surface area contributed by atoms with Crippen molar-refractivity contribution in [2.45, 2.75) is 13.0 Å². The van der Waals surface area contributed by atoms with Crippen molar-refractivity contribution in [1.82, 2.24) is 0 Å². The zero-order valence-corrected chi connectivity index (χ0v) is 12.6. The minimum absolute atomic E-state index is 0.485.